The molecule has 0 heterocycles. The molecular weight excluding hydrogens is 152 g/mol. The van der Waals surface area contributed by atoms with E-state index in [9.17, 15) is 0 Å². The van der Waals surface area contributed by atoms with E-state index in [4.69, 9.17) is 15.3 Å². The van der Waals surface area contributed by atoms with Crippen molar-refractivity contribution in [1.29, 1.82) is 0 Å². The molecule has 10 heavy (non-hydrogen) atoms. The van der Waals surface area contributed by atoms with Gasteiger partial charge in [0.1, 0.15) is 6.10 Å². The van der Waals surface area contributed by atoms with E-state index in [0.29, 0.717) is 12.8 Å². The monoisotopic (exact) mass is 166 g/mol. The fourth-order valence-corrected chi connectivity index (χ4v) is 0.870. The first kappa shape index (κ1) is 10.1. The van der Waals surface area contributed by atoms with E-state index >= 15 is 0 Å². The average molecular weight is 166 g/mol. The maximum Gasteiger partial charge on any atom is 0.295 e. The molecule has 0 aromatic heterocycles. The summed E-state index contributed by atoms with van der Waals surface area (Å²) in [6, 6.07) is 0. The van der Waals surface area contributed by atoms with Crippen molar-refractivity contribution in [1.82, 2.24) is 0 Å². The van der Waals surface area contributed by atoms with Crippen LogP contribution in [-0.2, 0) is 4.43 Å². The van der Waals surface area contributed by atoms with Crippen molar-refractivity contribution in [3.63, 3.8) is 0 Å². The van der Waals surface area contributed by atoms with Gasteiger partial charge in [-0.05, 0) is 6.42 Å². The Hall–Kier alpha value is 0.0569. The first-order valence-electron chi connectivity index (χ1n) is 3.22. The summed E-state index contributed by atoms with van der Waals surface area (Å²) in [6.07, 6.45) is -0.181. The van der Waals surface area contributed by atoms with Gasteiger partial charge in [-0.15, -0.1) is 0 Å². The van der Waals surface area contributed by atoms with Gasteiger partial charge in [0.25, 0.3) is 5.97 Å². The second-order valence-corrected chi connectivity index (χ2v) is 2.58. The first-order chi connectivity index (χ1) is 4.54. The summed E-state index contributed by atoms with van der Waals surface area (Å²) in [4.78, 5) is 0. The maximum absolute atomic E-state index is 8.97. The van der Waals surface area contributed by atoms with Crippen LogP contribution in [0.25, 0.3) is 0 Å². The van der Waals surface area contributed by atoms with E-state index in [-0.39, 0.29) is 10.5 Å². The normalized spacial score (nSPS) is 15.6. The lowest BCUT2D eigenvalue weighted by Crippen LogP contribution is -2.44. The number of hydrogen-bond acceptors (Lipinski definition) is 4. The second-order valence-electron chi connectivity index (χ2n) is 2.17. The summed E-state index contributed by atoms with van der Waals surface area (Å²) < 4.78 is 4.35. The Kier molecular flexibility index (Phi) is 4.07. The molecule has 0 radical (unpaired) electrons. The third-order valence-corrected chi connectivity index (χ3v) is 1.90. The molecule has 0 amide bonds. The molecule has 1 atom stereocenters. The molecule has 0 aliphatic rings. The largest absolute Gasteiger partial charge is 0.385 e. The van der Waals surface area contributed by atoms with Gasteiger partial charge in [-0.25, -0.2) is 0 Å². The van der Waals surface area contributed by atoms with Crippen LogP contribution >= 0.6 is 0 Å². The van der Waals surface area contributed by atoms with E-state index in [1.807, 2.05) is 6.92 Å². The van der Waals surface area contributed by atoms with Crippen LogP contribution in [0.3, 0.4) is 0 Å². The van der Waals surface area contributed by atoms with Crippen molar-refractivity contribution < 1.29 is 19.7 Å². The van der Waals surface area contributed by atoms with Crippen LogP contribution in [-0.4, -0.2) is 37.9 Å². The van der Waals surface area contributed by atoms with Gasteiger partial charge >= 0.3 is 0 Å². The third kappa shape index (κ3) is 2.76. The van der Waals surface area contributed by atoms with Crippen LogP contribution in [0.4, 0.5) is 0 Å². The Morgan fingerprint density at radius 2 is 2.10 bits per heavy atom. The maximum atomic E-state index is 8.97. The SMILES string of the molecule is CCCC(O)C(O)(O)O[SiH3]. The molecule has 0 rings (SSSR count). The smallest absolute Gasteiger partial charge is 0.295 e. The van der Waals surface area contributed by atoms with E-state index in [0.717, 1.165) is 0 Å². The molecule has 0 aromatic rings. The summed E-state index contributed by atoms with van der Waals surface area (Å²) in [5.74, 6) is -2.33. The molecule has 4 nitrogen and oxygen atoms in total. The van der Waals surface area contributed by atoms with Gasteiger partial charge in [0.2, 0.25) is 0 Å². The highest BCUT2D eigenvalue weighted by atomic mass is 28.2. The molecule has 3 N–H and O–H groups in total. The fraction of sp³-hybridized carbons (Fsp3) is 1.00. The minimum Gasteiger partial charge on any atom is -0.385 e. The molecule has 5 heteroatoms. The highest BCUT2D eigenvalue weighted by Crippen LogP contribution is 2.11. The van der Waals surface area contributed by atoms with Crippen molar-refractivity contribution in [2.75, 3.05) is 0 Å². The fourth-order valence-electron chi connectivity index (χ4n) is 0.597. The van der Waals surface area contributed by atoms with Crippen LogP contribution in [0.2, 0.25) is 0 Å². The van der Waals surface area contributed by atoms with Crippen molar-refractivity contribution in [2.24, 2.45) is 0 Å². The Morgan fingerprint density at radius 1 is 1.60 bits per heavy atom. The molecule has 0 spiro atoms. The lowest BCUT2D eigenvalue weighted by atomic mass is 10.2. The summed E-state index contributed by atoms with van der Waals surface area (Å²) in [6.45, 7) is 1.84. The minimum atomic E-state index is -2.33. The highest BCUT2D eigenvalue weighted by Gasteiger charge is 2.31. The van der Waals surface area contributed by atoms with Crippen molar-refractivity contribution in [3.05, 3.63) is 0 Å². The van der Waals surface area contributed by atoms with Gasteiger partial charge in [0.15, 0.2) is 10.5 Å². The van der Waals surface area contributed by atoms with Gasteiger partial charge in [-0.2, -0.15) is 0 Å². The zero-order chi connectivity index (χ0) is 8.20. The lowest BCUT2D eigenvalue weighted by Gasteiger charge is -2.25. The molecular formula is C5H14O4Si. The van der Waals surface area contributed by atoms with Gasteiger partial charge in [0.05, 0.1) is 0 Å². The average Bonchev–Trinajstić information content (AvgIpc) is 1.89. The lowest BCUT2D eigenvalue weighted by molar-refractivity contribution is -0.337. The molecule has 1 unspecified atom stereocenters. The molecule has 0 aliphatic heterocycles. The molecule has 0 fully saturated rings. The van der Waals surface area contributed by atoms with Crippen molar-refractivity contribution in [2.45, 2.75) is 31.8 Å². The van der Waals surface area contributed by atoms with Crippen LogP contribution < -0.4 is 0 Å². The van der Waals surface area contributed by atoms with E-state index in [2.05, 4.69) is 4.43 Å². The molecule has 0 bridgehead atoms. The summed E-state index contributed by atoms with van der Waals surface area (Å²) in [7, 11) is 0.192. The molecule has 62 valence electrons. The third-order valence-electron chi connectivity index (χ3n) is 1.30. The minimum absolute atomic E-state index is 0.192. The summed E-state index contributed by atoms with van der Waals surface area (Å²) in [5, 5.41) is 26.7. The topological polar surface area (TPSA) is 69.9 Å². The van der Waals surface area contributed by atoms with Crippen molar-refractivity contribution >= 4 is 10.5 Å². The van der Waals surface area contributed by atoms with Gasteiger partial charge in [0, 0.05) is 0 Å². The molecule has 0 saturated carbocycles. The van der Waals surface area contributed by atoms with E-state index in [1.54, 1.807) is 0 Å². The van der Waals surface area contributed by atoms with E-state index in [1.165, 1.54) is 0 Å². The Bertz CT molecular complexity index is 95.6. The molecule has 0 aromatic carbocycles. The Balaban J connectivity index is 3.78. The zero-order valence-electron chi connectivity index (χ0n) is 6.24. The number of aliphatic hydroxyl groups is 3. The van der Waals surface area contributed by atoms with Crippen LogP contribution in [0.15, 0.2) is 0 Å². The van der Waals surface area contributed by atoms with E-state index < -0.39 is 12.1 Å². The zero-order valence-corrected chi connectivity index (χ0v) is 8.24. The number of hydrogen-bond donors (Lipinski definition) is 3. The van der Waals surface area contributed by atoms with Gasteiger partial charge in [-0.1, -0.05) is 13.3 Å². The second kappa shape index (κ2) is 4.04. The van der Waals surface area contributed by atoms with Gasteiger partial charge in [-0.3, -0.25) is 0 Å². The Labute approximate surface area is 63.0 Å². The first-order valence-corrected chi connectivity index (χ1v) is 4.04. The van der Waals surface area contributed by atoms with Crippen LogP contribution in [0, 0.1) is 0 Å². The van der Waals surface area contributed by atoms with Gasteiger partial charge < -0.3 is 19.7 Å². The van der Waals surface area contributed by atoms with Crippen LogP contribution in [0.1, 0.15) is 19.8 Å². The van der Waals surface area contributed by atoms with Crippen molar-refractivity contribution in [3.8, 4) is 0 Å². The summed E-state index contributed by atoms with van der Waals surface area (Å²) in [5.41, 5.74) is 0. The predicted octanol–water partition coefficient (Wildman–Crippen LogP) is -1.92. The quantitative estimate of drug-likeness (QED) is 0.336. The Morgan fingerprint density at radius 3 is 2.40 bits per heavy atom. The van der Waals surface area contributed by atoms with Crippen LogP contribution in [0.5, 0.6) is 0 Å². The summed E-state index contributed by atoms with van der Waals surface area (Å²) >= 11 is 0. The number of aliphatic hydroxyl groups excluding tert-OH is 1. The number of rotatable bonds is 4. The predicted molar refractivity (Wildman–Crippen MR) is 39.1 cm³/mol. The molecule has 0 aliphatic carbocycles. The molecule has 0 saturated heterocycles. The highest BCUT2D eigenvalue weighted by molar-refractivity contribution is 5.98. The standard InChI is InChI=1S/C5H14O4Si/c1-2-3-4(6)5(7,8)9-10/h4,6-8H,2-3H2,1,10H3.